The van der Waals surface area contributed by atoms with E-state index in [1.807, 2.05) is 13.8 Å². The van der Waals surface area contributed by atoms with E-state index in [1.54, 1.807) is 19.1 Å². The second-order valence-electron chi connectivity index (χ2n) is 7.13. The molecule has 0 atom stereocenters. The molecule has 32 heavy (non-hydrogen) atoms. The number of amides is 1. The number of carbonyl (C=O) groups is 1. The van der Waals surface area contributed by atoms with E-state index in [0.29, 0.717) is 24.5 Å². The second-order valence-corrected chi connectivity index (χ2v) is 7.13. The molecule has 0 unspecified atom stereocenters. The molecule has 0 saturated carbocycles. The van der Waals surface area contributed by atoms with Gasteiger partial charge in [0.25, 0.3) is 5.91 Å². The number of ether oxygens (including phenoxy) is 2. The molecule has 0 saturated heterocycles. The number of halogens is 3. The predicted molar refractivity (Wildman–Crippen MR) is 112 cm³/mol. The maximum Gasteiger partial charge on any atom is 0.416 e. The normalized spacial score (nSPS) is 11.3. The van der Waals surface area contributed by atoms with Crippen molar-refractivity contribution in [1.29, 1.82) is 0 Å². The molecule has 3 aromatic rings. The van der Waals surface area contributed by atoms with Crippen LogP contribution in [0.25, 0.3) is 0 Å². The fourth-order valence-electron chi connectivity index (χ4n) is 2.90. The average Bonchev–Trinajstić information content (AvgIpc) is 3.08. The zero-order valence-electron chi connectivity index (χ0n) is 17.9. The van der Waals surface area contributed by atoms with E-state index in [1.165, 1.54) is 18.2 Å². The van der Waals surface area contributed by atoms with Crippen molar-refractivity contribution in [2.45, 2.75) is 40.0 Å². The van der Waals surface area contributed by atoms with Crippen molar-refractivity contribution < 1.29 is 32.0 Å². The summed E-state index contributed by atoms with van der Waals surface area (Å²) in [5.41, 5.74) is 0.918. The molecule has 6 nitrogen and oxygen atoms in total. The summed E-state index contributed by atoms with van der Waals surface area (Å²) in [7, 11) is 0. The molecular weight excluding hydrogens is 425 g/mol. The Morgan fingerprint density at radius 3 is 2.41 bits per heavy atom. The van der Waals surface area contributed by atoms with Crippen molar-refractivity contribution in [1.82, 2.24) is 5.16 Å². The molecule has 1 N–H and O–H groups in total. The first kappa shape index (κ1) is 23.2. The Bertz CT molecular complexity index is 1060. The first-order valence-corrected chi connectivity index (χ1v) is 9.99. The molecule has 1 aromatic heterocycles. The van der Waals surface area contributed by atoms with Gasteiger partial charge in [-0.15, -0.1) is 0 Å². The number of alkyl halides is 3. The van der Waals surface area contributed by atoms with Gasteiger partial charge in [0.1, 0.15) is 23.9 Å². The first-order chi connectivity index (χ1) is 15.2. The van der Waals surface area contributed by atoms with E-state index >= 15 is 0 Å². The minimum Gasteiger partial charge on any atom is -0.491 e. The molecular formula is C23H23F3N2O4. The van der Waals surface area contributed by atoms with Crippen LogP contribution in [0.3, 0.4) is 0 Å². The van der Waals surface area contributed by atoms with Crippen LogP contribution in [0.2, 0.25) is 0 Å². The number of aromatic nitrogens is 1. The zero-order chi connectivity index (χ0) is 23.3. The number of nitrogens with one attached hydrogen (secondary N) is 1. The van der Waals surface area contributed by atoms with Crippen molar-refractivity contribution in [3.8, 4) is 11.5 Å². The summed E-state index contributed by atoms with van der Waals surface area (Å²) in [5.74, 6) is 0.795. The summed E-state index contributed by atoms with van der Waals surface area (Å²) >= 11 is 0. The van der Waals surface area contributed by atoms with Gasteiger partial charge < -0.3 is 19.3 Å². The summed E-state index contributed by atoms with van der Waals surface area (Å²) in [5, 5.41) is 6.38. The number of rotatable bonds is 8. The molecule has 1 amide bonds. The molecule has 0 aliphatic heterocycles. The minimum atomic E-state index is -4.54. The lowest BCUT2D eigenvalue weighted by Gasteiger charge is -2.15. The number of nitrogens with zero attached hydrogens (tertiary/aromatic N) is 1. The third-order valence-corrected chi connectivity index (χ3v) is 4.70. The standard InChI is InChI=1S/C23H23F3N2O4/c1-4-11-30-21-10-7-17(23(24,25)26)12-20(21)27-22(29)16-5-8-18(9-6-16)31-13-19-14(2)28-32-15(19)3/h5-10,12H,4,11,13H2,1-3H3,(H,27,29). The van der Waals surface area contributed by atoms with Crippen LogP contribution in [-0.4, -0.2) is 17.7 Å². The van der Waals surface area contributed by atoms with Crippen molar-refractivity contribution in [2.75, 3.05) is 11.9 Å². The highest BCUT2D eigenvalue weighted by Crippen LogP contribution is 2.35. The SMILES string of the molecule is CCCOc1ccc(C(F)(F)F)cc1NC(=O)c1ccc(OCc2c(C)noc2C)cc1. The first-order valence-electron chi connectivity index (χ1n) is 9.99. The van der Waals surface area contributed by atoms with Crippen molar-refractivity contribution in [2.24, 2.45) is 0 Å². The second kappa shape index (κ2) is 9.76. The van der Waals surface area contributed by atoms with E-state index < -0.39 is 17.6 Å². The molecule has 3 rings (SSSR count). The smallest absolute Gasteiger partial charge is 0.416 e. The number of benzene rings is 2. The highest BCUT2D eigenvalue weighted by molar-refractivity contribution is 6.05. The van der Waals surface area contributed by atoms with E-state index in [0.717, 1.165) is 23.4 Å². The van der Waals surface area contributed by atoms with Gasteiger partial charge in [-0.25, -0.2) is 0 Å². The average molecular weight is 448 g/mol. The maximum absolute atomic E-state index is 13.1. The fourth-order valence-corrected chi connectivity index (χ4v) is 2.90. The van der Waals surface area contributed by atoms with Crippen LogP contribution in [0.5, 0.6) is 11.5 Å². The molecule has 9 heteroatoms. The van der Waals surface area contributed by atoms with Gasteiger partial charge in [-0.2, -0.15) is 13.2 Å². The lowest BCUT2D eigenvalue weighted by Crippen LogP contribution is -2.14. The summed E-state index contributed by atoms with van der Waals surface area (Å²) in [6.45, 7) is 6.05. The Hall–Kier alpha value is -3.49. The van der Waals surface area contributed by atoms with Crippen molar-refractivity contribution >= 4 is 11.6 Å². The monoisotopic (exact) mass is 448 g/mol. The van der Waals surface area contributed by atoms with Crippen molar-refractivity contribution in [3.63, 3.8) is 0 Å². The van der Waals surface area contributed by atoms with Gasteiger partial charge in [0.15, 0.2) is 0 Å². The molecule has 0 fully saturated rings. The van der Waals surface area contributed by atoms with Gasteiger partial charge in [-0.05, 0) is 62.7 Å². The Balaban J connectivity index is 1.72. The number of anilines is 1. The highest BCUT2D eigenvalue weighted by atomic mass is 19.4. The molecule has 170 valence electrons. The van der Waals surface area contributed by atoms with Crippen LogP contribution >= 0.6 is 0 Å². The van der Waals surface area contributed by atoms with Gasteiger partial charge in [-0.1, -0.05) is 12.1 Å². The van der Waals surface area contributed by atoms with Gasteiger partial charge in [0.2, 0.25) is 0 Å². The molecule has 2 aromatic carbocycles. The van der Waals surface area contributed by atoms with E-state index in [2.05, 4.69) is 10.5 Å². The third kappa shape index (κ3) is 5.60. The molecule has 0 bridgehead atoms. The summed E-state index contributed by atoms with van der Waals surface area (Å²) in [4.78, 5) is 12.6. The van der Waals surface area contributed by atoms with Crippen molar-refractivity contribution in [3.05, 3.63) is 70.6 Å². The van der Waals surface area contributed by atoms with Crippen LogP contribution in [0.4, 0.5) is 18.9 Å². The largest absolute Gasteiger partial charge is 0.491 e. The number of carbonyl (C=O) groups excluding carboxylic acids is 1. The lowest BCUT2D eigenvalue weighted by molar-refractivity contribution is -0.137. The molecule has 0 spiro atoms. The summed E-state index contributed by atoms with van der Waals surface area (Å²) in [6, 6.07) is 9.26. The van der Waals surface area contributed by atoms with E-state index in [9.17, 15) is 18.0 Å². The van der Waals surface area contributed by atoms with Gasteiger partial charge >= 0.3 is 6.18 Å². The molecule has 0 radical (unpaired) electrons. The number of aryl methyl sites for hydroxylation is 2. The van der Waals surface area contributed by atoms with E-state index in [-0.39, 0.29) is 23.6 Å². The molecule has 0 aliphatic carbocycles. The molecule has 1 heterocycles. The van der Waals surface area contributed by atoms with Crippen LogP contribution in [0.15, 0.2) is 47.0 Å². The Kier molecular flexibility index (Phi) is 7.07. The quantitative estimate of drug-likeness (QED) is 0.462. The Morgan fingerprint density at radius 1 is 1.09 bits per heavy atom. The van der Waals surface area contributed by atoms with Crippen LogP contribution in [-0.2, 0) is 12.8 Å². The topological polar surface area (TPSA) is 73.6 Å². The number of hydrogen-bond donors (Lipinski definition) is 1. The fraction of sp³-hybridized carbons (Fsp3) is 0.304. The summed E-state index contributed by atoms with van der Waals surface area (Å²) < 4.78 is 55.6. The van der Waals surface area contributed by atoms with Gasteiger partial charge in [0, 0.05) is 5.56 Å². The third-order valence-electron chi connectivity index (χ3n) is 4.70. The van der Waals surface area contributed by atoms with Gasteiger partial charge in [-0.3, -0.25) is 4.79 Å². The van der Waals surface area contributed by atoms with Crippen LogP contribution < -0.4 is 14.8 Å². The van der Waals surface area contributed by atoms with Crippen LogP contribution in [0.1, 0.15) is 46.3 Å². The summed E-state index contributed by atoms with van der Waals surface area (Å²) in [6.07, 6.45) is -3.87. The zero-order valence-corrected chi connectivity index (χ0v) is 17.9. The van der Waals surface area contributed by atoms with E-state index in [4.69, 9.17) is 14.0 Å². The number of hydrogen-bond acceptors (Lipinski definition) is 5. The van der Waals surface area contributed by atoms with Gasteiger partial charge in [0.05, 0.1) is 29.1 Å². The predicted octanol–water partition coefficient (Wildman–Crippen LogP) is 5.93. The Labute approximate surface area is 183 Å². The maximum atomic E-state index is 13.1. The molecule has 0 aliphatic rings. The Morgan fingerprint density at radius 2 is 1.81 bits per heavy atom. The lowest BCUT2D eigenvalue weighted by atomic mass is 10.1. The highest BCUT2D eigenvalue weighted by Gasteiger charge is 2.31. The minimum absolute atomic E-state index is 0.0444. The van der Waals surface area contributed by atoms with Crippen LogP contribution in [0, 0.1) is 13.8 Å².